The first-order valence-corrected chi connectivity index (χ1v) is 15.3. The van der Waals surface area contributed by atoms with Crippen molar-refractivity contribution in [3.63, 3.8) is 0 Å². The molecule has 7 rings (SSSR count). The molecule has 1 saturated heterocycles. The molecule has 1 aliphatic carbocycles. The van der Waals surface area contributed by atoms with Crippen molar-refractivity contribution in [3.05, 3.63) is 82.1 Å². The van der Waals surface area contributed by atoms with Crippen LogP contribution in [0.25, 0.3) is 11.3 Å². The number of nitrogens with two attached hydrogens (primary N) is 1. The number of carbonyl (C=O) groups excluding carboxylic acids is 1. The lowest BCUT2D eigenvalue weighted by Crippen LogP contribution is -2.47. The summed E-state index contributed by atoms with van der Waals surface area (Å²) in [6, 6.07) is 10.4. The van der Waals surface area contributed by atoms with E-state index >= 15 is 0 Å². The van der Waals surface area contributed by atoms with Crippen LogP contribution in [0.1, 0.15) is 42.5 Å². The molecule has 0 bridgehead atoms. The number of fused-ring (bicyclic) bond motifs is 2. The molecule has 1 amide bonds. The molecule has 1 atom stereocenters. The van der Waals surface area contributed by atoms with Gasteiger partial charge in [-0.15, -0.1) is 0 Å². The maximum atomic E-state index is 13.1. The Morgan fingerprint density at radius 3 is 2.70 bits per heavy atom. The molecule has 2 aliphatic rings. The number of imidazole rings is 1. The van der Waals surface area contributed by atoms with E-state index in [9.17, 15) is 14.7 Å². The second-order valence-corrected chi connectivity index (χ2v) is 12.6. The summed E-state index contributed by atoms with van der Waals surface area (Å²) >= 11 is 8.12. The Labute approximate surface area is 255 Å². The van der Waals surface area contributed by atoms with E-state index in [0.29, 0.717) is 4.90 Å². The third kappa shape index (κ3) is 4.79. The highest BCUT2D eigenvalue weighted by Crippen LogP contribution is 2.46. The average Bonchev–Trinajstić information content (AvgIpc) is 3.63. The van der Waals surface area contributed by atoms with Crippen LogP contribution in [0.4, 0.5) is 11.6 Å². The van der Waals surface area contributed by atoms with Crippen molar-refractivity contribution in [2.24, 2.45) is 11.1 Å². The van der Waals surface area contributed by atoms with Crippen LogP contribution >= 0.6 is 23.4 Å². The highest BCUT2D eigenvalue weighted by Gasteiger charge is 2.43. The summed E-state index contributed by atoms with van der Waals surface area (Å²) in [5.74, 6) is -0.625. The van der Waals surface area contributed by atoms with Crippen LogP contribution in [0, 0.1) is 5.41 Å². The number of pyridine rings is 1. The Balaban J connectivity index is 1.13. The molecular weight excluding hydrogens is 588 g/mol. The minimum Gasteiger partial charge on any atom is -0.493 e. The summed E-state index contributed by atoms with van der Waals surface area (Å²) in [7, 11) is 0. The molecule has 5 heterocycles. The monoisotopic (exact) mass is 616 g/mol. The molecule has 5 aromatic rings. The van der Waals surface area contributed by atoms with E-state index in [4.69, 9.17) is 22.3 Å². The molecule has 2 fully saturated rings. The molecule has 220 valence electrons. The number of nitrogens with zero attached hydrogens (tertiary/aromatic N) is 6. The number of anilines is 2. The predicted molar refractivity (Wildman–Crippen MR) is 165 cm³/mol. The van der Waals surface area contributed by atoms with Crippen LogP contribution in [0.5, 0.6) is 5.88 Å². The van der Waals surface area contributed by atoms with Gasteiger partial charge in [-0.1, -0.05) is 41.9 Å². The summed E-state index contributed by atoms with van der Waals surface area (Å²) in [5, 5.41) is 13.3. The summed E-state index contributed by atoms with van der Waals surface area (Å²) in [4.78, 5) is 43.2. The highest BCUT2D eigenvalue weighted by molar-refractivity contribution is 7.99. The fraction of sp³-hybridized carbons (Fsp3) is 0.300. The number of aromatic nitrogens is 5. The largest absolute Gasteiger partial charge is 0.493 e. The van der Waals surface area contributed by atoms with Gasteiger partial charge < -0.3 is 21.1 Å². The van der Waals surface area contributed by atoms with Gasteiger partial charge >= 0.3 is 0 Å². The van der Waals surface area contributed by atoms with Crippen molar-refractivity contribution in [1.82, 2.24) is 23.8 Å². The Kier molecular flexibility index (Phi) is 6.99. The smallest absolute Gasteiger partial charge is 0.274 e. The van der Waals surface area contributed by atoms with Crippen molar-refractivity contribution >= 4 is 52.2 Å². The molecule has 1 aliphatic heterocycles. The van der Waals surface area contributed by atoms with Crippen molar-refractivity contribution in [2.75, 3.05) is 23.3 Å². The Bertz CT molecular complexity index is 1930. The molecule has 4 aromatic heterocycles. The molecule has 13 heteroatoms. The quantitative estimate of drug-likeness (QED) is 0.258. The van der Waals surface area contributed by atoms with Crippen LogP contribution < -0.4 is 21.5 Å². The molecule has 1 aromatic carbocycles. The summed E-state index contributed by atoms with van der Waals surface area (Å²) in [5.41, 5.74) is 6.84. The minimum absolute atomic E-state index is 0.227. The number of benzene rings is 1. The van der Waals surface area contributed by atoms with Gasteiger partial charge in [0.1, 0.15) is 5.65 Å². The van der Waals surface area contributed by atoms with Crippen molar-refractivity contribution in [3.8, 4) is 5.88 Å². The number of aromatic hydroxyl groups is 1. The van der Waals surface area contributed by atoms with E-state index in [1.54, 1.807) is 42.7 Å². The lowest BCUT2D eigenvalue weighted by molar-refractivity contribution is 0.102. The predicted octanol–water partition coefficient (Wildman–Crippen LogP) is 4.60. The van der Waals surface area contributed by atoms with Crippen LogP contribution in [0.15, 0.2) is 75.8 Å². The zero-order valence-electron chi connectivity index (χ0n) is 23.1. The first kappa shape index (κ1) is 27.7. The maximum Gasteiger partial charge on any atom is 0.274 e. The average molecular weight is 617 g/mol. The van der Waals surface area contributed by atoms with Crippen LogP contribution in [-0.4, -0.2) is 53.9 Å². The van der Waals surface area contributed by atoms with Gasteiger partial charge in [-0.25, -0.2) is 9.97 Å². The Morgan fingerprint density at radius 1 is 1.07 bits per heavy atom. The second-order valence-electron chi connectivity index (χ2n) is 11.1. The number of carbonyl (C=O) groups is 1. The Hall–Kier alpha value is -4.13. The fourth-order valence-corrected chi connectivity index (χ4v) is 7.61. The van der Waals surface area contributed by atoms with Gasteiger partial charge in [0.15, 0.2) is 11.2 Å². The fourth-order valence-electron chi connectivity index (χ4n) is 6.39. The van der Waals surface area contributed by atoms with Gasteiger partial charge in [-0.2, -0.15) is 4.98 Å². The molecule has 1 spiro atoms. The third-order valence-electron chi connectivity index (χ3n) is 8.77. The third-order valence-corrected chi connectivity index (χ3v) is 10.4. The van der Waals surface area contributed by atoms with Gasteiger partial charge in [0, 0.05) is 48.8 Å². The van der Waals surface area contributed by atoms with Gasteiger partial charge in [-0.05, 0) is 55.4 Å². The number of halogens is 1. The lowest BCUT2D eigenvalue weighted by Gasteiger charge is -2.42. The van der Waals surface area contributed by atoms with E-state index in [0.717, 1.165) is 48.8 Å². The van der Waals surface area contributed by atoms with Crippen LogP contribution in [-0.2, 0) is 0 Å². The van der Waals surface area contributed by atoms with E-state index in [1.807, 2.05) is 16.7 Å². The van der Waals surface area contributed by atoms with Gasteiger partial charge in [0.2, 0.25) is 11.8 Å². The van der Waals surface area contributed by atoms with Crippen LogP contribution in [0.3, 0.4) is 0 Å². The summed E-state index contributed by atoms with van der Waals surface area (Å²) in [6.07, 6.45) is 12.6. The number of hydrogen-bond donors (Lipinski definition) is 3. The van der Waals surface area contributed by atoms with Crippen molar-refractivity contribution < 1.29 is 9.90 Å². The SMILES string of the molecule is N[C@@H]1CCCC12CCN(c1ncc(Sc3cccc(NC(=O)c4c(O)nc5ccccn5c4=O)c3Cl)c3nccn13)CC2. The maximum absolute atomic E-state index is 13.1. The number of hydrogen-bond acceptors (Lipinski definition) is 9. The lowest BCUT2D eigenvalue weighted by atomic mass is 9.74. The number of piperidine rings is 1. The normalized spacial score (nSPS) is 18.1. The Morgan fingerprint density at radius 2 is 1.91 bits per heavy atom. The van der Waals surface area contributed by atoms with Gasteiger partial charge in [0.25, 0.3) is 11.5 Å². The van der Waals surface area contributed by atoms with Gasteiger partial charge in [0.05, 0.1) is 15.6 Å². The van der Waals surface area contributed by atoms with Crippen LogP contribution in [0.2, 0.25) is 5.02 Å². The number of rotatable bonds is 5. The molecular formula is C30H29ClN8O3S. The van der Waals surface area contributed by atoms with E-state index in [1.165, 1.54) is 35.2 Å². The molecule has 4 N–H and O–H groups in total. The second kappa shape index (κ2) is 10.9. The van der Waals surface area contributed by atoms with E-state index < -0.39 is 22.9 Å². The zero-order valence-corrected chi connectivity index (χ0v) is 24.7. The summed E-state index contributed by atoms with van der Waals surface area (Å²) < 4.78 is 3.19. The molecule has 1 saturated carbocycles. The first-order valence-electron chi connectivity index (χ1n) is 14.2. The first-order chi connectivity index (χ1) is 20.8. The molecule has 11 nitrogen and oxygen atoms in total. The summed E-state index contributed by atoms with van der Waals surface area (Å²) in [6.45, 7) is 1.81. The van der Waals surface area contributed by atoms with Crippen molar-refractivity contribution in [2.45, 2.75) is 47.9 Å². The molecule has 43 heavy (non-hydrogen) atoms. The van der Waals surface area contributed by atoms with E-state index in [2.05, 4.69) is 20.2 Å². The number of amides is 1. The number of nitrogens with one attached hydrogen (secondary N) is 1. The zero-order chi connectivity index (χ0) is 29.7. The van der Waals surface area contributed by atoms with E-state index in [-0.39, 0.29) is 27.8 Å². The molecule has 0 unspecified atom stereocenters. The topological polar surface area (TPSA) is 143 Å². The van der Waals surface area contributed by atoms with Gasteiger partial charge in [-0.3, -0.25) is 18.4 Å². The molecule has 0 radical (unpaired) electrons. The standard InChI is InChI=1S/C30H29ClN8O3S/c31-24-18(35-26(40)23-27(41)36-22-8-1-2-13-38(22)28(23)42)5-3-6-19(24)43-20-17-34-29(39-16-12-33-25(20)39)37-14-10-30(11-15-37)9-4-7-21(30)32/h1-3,5-6,8,12-13,16-17,21,41H,4,7,9-11,14-15,32H2,(H,35,40)/t21-/m1/s1. The highest BCUT2D eigenvalue weighted by atomic mass is 35.5. The minimum atomic E-state index is -0.819. The van der Waals surface area contributed by atoms with Crippen molar-refractivity contribution in [1.29, 1.82) is 0 Å².